The number of aliphatic hydroxyl groups excluding tert-OH is 1. The van der Waals surface area contributed by atoms with Gasteiger partial charge in [-0.3, -0.25) is 4.79 Å². The molecule has 0 fully saturated rings. The van der Waals surface area contributed by atoms with E-state index in [-0.39, 0.29) is 12.5 Å². The first-order valence-electron chi connectivity index (χ1n) is 6.32. The summed E-state index contributed by atoms with van der Waals surface area (Å²) in [6.45, 7) is 0.0581. The number of carbonyl (C=O) groups excluding carboxylic acids is 1. The van der Waals surface area contributed by atoms with Crippen LogP contribution in [0.4, 0.5) is 0 Å². The lowest BCUT2D eigenvalue weighted by Crippen LogP contribution is -2.28. The molecule has 0 bridgehead atoms. The van der Waals surface area contributed by atoms with Crippen LogP contribution in [-0.2, 0) is 0 Å². The third kappa shape index (κ3) is 3.82. The van der Waals surface area contributed by atoms with Gasteiger partial charge in [0.25, 0.3) is 5.91 Å². The standard InChI is InChI=1S/C16H13ClN2O2/c17-14-4-2-1-3-13(14)15(20)10-19-16(21)12-7-5-11(9-18)6-8-12/h1-8,15,20H,10H2,(H,19,21). The first-order valence-corrected chi connectivity index (χ1v) is 6.70. The minimum atomic E-state index is -0.874. The predicted octanol–water partition coefficient (Wildman–Crippen LogP) is 2.68. The van der Waals surface area contributed by atoms with Crippen molar-refractivity contribution < 1.29 is 9.90 Å². The minimum Gasteiger partial charge on any atom is -0.387 e. The van der Waals surface area contributed by atoms with Gasteiger partial charge in [-0.2, -0.15) is 5.26 Å². The number of nitrogens with zero attached hydrogens (tertiary/aromatic N) is 1. The molecule has 0 saturated carbocycles. The topological polar surface area (TPSA) is 73.1 Å². The molecule has 21 heavy (non-hydrogen) atoms. The zero-order valence-electron chi connectivity index (χ0n) is 11.1. The van der Waals surface area contributed by atoms with Gasteiger partial charge in [0.15, 0.2) is 0 Å². The molecule has 0 radical (unpaired) electrons. The van der Waals surface area contributed by atoms with Gasteiger partial charge in [0.1, 0.15) is 0 Å². The molecule has 2 N–H and O–H groups in total. The Kier molecular flexibility index (Phi) is 4.94. The van der Waals surface area contributed by atoms with Crippen LogP contribution in [0.1, 0.15) is 27.6 Å². The molecule has 0 saturated heterocycles. The highest BCUT2D eigenvalue weighted by Crippen LogP contribution is 2.21. The molecule has 0 aromatic heterocycles. The van der Waals surface area contributed by atoms with Crippen LogP contribution >= 0.6 is 11.6 Å². The maximum Gasteiger partial charge on any atom is 0.251 e. The van der Waals surface area contributed by atoms with E-state index in [1.165, 1.54) is 0 Å². The smallest absolute Gasteiger partial charge is 0.251 e. The first-order chi connectivity index (χ1) is 10.1. The molecule has 2 aromatic carbocycles. The largest absolute Gasteiger partial charge is 0.387 e. The van der Waals surface area contributed by atoms with Gasteiger partial charge in [0.2, 0.25) is 0 Å². The maximum atomic E-state index is 11.9. The third-order valence-corrected chi connectivity index (χ3v) is 3.34. The van der Waals surface area contributed by atoms with Crippen LogP contribution in [-0.4, -0.2) is 17.6 Å². The van der Waals surface area contributed by atoms with Gasteiger partial charge in [-0.25, -0.2) is 0 Å². The highest BCUT2D eigenvalue weighted by molar-refractivity contribution is 6.31. The number of nitrogens with one attached hydrogen (secondary N) is 1. The van der Waals surface area contributed by atoms with Crippen LogP contribution in [0.5, 0.6) is 0 Å². The van der Waals surface area contributed by atoms with E-state index >= 15 is 0 Å². The van der Waals surface area contributed by atoms with Crippen LogP contribution in [0.15, 0.2) is 48.5 Å². The predicted molar refractivity (Wildman–Crippen MR) is 79.9 cm³/mol. The van der Waals surface area contributed by atoms with Crippen LogP contribution in [0, 0.1) is 11.3 Å². The number of aliphatic hydroxyl groups is 1. The summed E-state index contributed by atoms with van der Waals surface area (Å²) < 4.78 is 0. The molecule has 106 valence electrons. The van der Waals surface area contributed by atoms with Crippen molar-refractivity contribution in [2.24, 2.45) is 0 Å². The normalized spacial score (nSPS) is 11.5. The third-order valence-electron chi connectivity index (χ3n) is 3.00. The van der Waals surface area contributed by atoms with E-state index in [1.807, 2.05) is 6.07 Å². The van der Waals surface area contributed by atoms with Crippen molar-refractivity contribution in [3.05, 3.63) is 70.2 Å². The summed E-state index contributed by atoms with van der Waals surface area (Å²) in [6.07, 6.45) is -0.874. The minimum absolute atomic E-state index is 0.0581. The van der Waals surface area contributed by atoms with Crippen molar-refractivity contribution in [2.75, 3.05) is 6.54 Å². The monoisotopic (exact) mass is 300 g/mol. The van der Waals surface area contributed by atoms with Gasteiger partial charge in [0.05, 0.1) is 17.7 Å². The summed E-state index contributed by atoms with van der Waals surface area (Å²) in [5.74, 6) is -0.314. The average molecular weight is 301 g/mol. The maximum absolute atomic E-state index is 11.9. The lowest BCUT2D eigenvalue weighted by Gasteiger charge is -2.13. The molecule has 0 aliphatic rings. The number of benzene rings is 2. The summed E-state index contributed by atoms with van der Waals surface area (Å²) in [5.41, 5.74) is 1.49. The second kappa shape index (κ2) is 6.89. The highest BCUT2D eigenvalue weighted by Gasteiger charge is 2.13. The molecule has 1 unspecified atom stereocenters. The van der Waals surface area contributed by atoms with Gasteiger partial charge in [-0.05, 0) is 30.3 Å². The molecule has 0 aliphatic heterocycles. The van der Waals surface area contributed by atoms with Gasteiger partial charge >= 0.3 is 0 Å². The molecular formula is C16H13ClN2O2. The summed E-state index contributed by atoms with van der Waals surface area (Å²) >= 11 is 5.98. The number of rotatable bonds is 4. The van der Waals surface area contributed by atoms with Crippen molar-refractivity contribution in [3.63, 3.8) is 0 Å². The van der Waals surface area contributed by atoms with Crippen LogP contribution in [0.3, 0.4) is 0 Å². The molecular weight excluding hydrogens is 288 g/mol. The molecule has 0 heterocycles. The van der Waals surface area contributed by atoms with Crippen LogP contribution < -0.4 is 5.32 Å². The molecule has 1 atom stereocenters. The van der Waals surface area contributed by atoms with Crippen LogP contribution in [0.2, 0.25) is 5.02 Å². The Morgan fingerprint density at radius 1 is 1.24 bits per heavy atom. The second-order valence-electron chi connectivity index (χ2n) is 4.44. The lowest BCUT2D eigenvalue weighted by molar-refractivity contribution is 0.0916. The van der Waals surface area contributed by atoms with Crippen molar-refractivity contribution in [2.45, 2.75) is 6.10 Å². The van der Waals surface area contributed by atoms with Gasteiger partial charge < -0.3 is 10.4 Å². The van der Waals surface area contributed by atoms with Crippen molar-refractivity contribution in [1.29, 1.82) is 5.26 Å². The number of nitriles is 1. The molecule has 0 spiro atoms. The number of halogens is 1. The van der Waals surface area contributed by atoms with E-state index in [1.54, 1.807) is 48.5 Å². The number of amides is 1. The summed E-state index contributed by atoms with van der Waals surface area (Å²) in [4.78, 5) is 11.9. The Hall–Kier alpha value is -2.35. The number of hydrogen-bond donors (Lipinski definition) is 2. The fourth-order valence-electron chi connectivity index (χ4n) is 1.84. The molecule has 1 amide bonds. The lowest BCUT2D eigenvalue weighted by atomic mass is 10.1. The molecule has 0 aliphatic carbocycles. The highest BCUT2D eigenvalue weighted by atomic mass is 35.5. The van der Waals surface area contributed by atoms with Crippen molar-refractivity contribution in [1.82, 2.24) is 5.32 Å². The zero-order valence-corrected chi connectivity index (χ0v) is 11.8. The van der Waals surface area contributed by atoms with Gasteiger partial charge in [-0.15, -0.1) is 0 Å². The summed E-state index contributed by atoms with van der Waals surface area (Å²) in [5, 5.41) is 21.8. The average Bonchev–Trinajstić information content (AvgIpc) is 2.52. The molecule has 2 aromatic rings. The van der Waals surface area contributed by atoms with E-state index in [4.69, 9.17) is 16.9 Å². The molecule has 5 heteroatoms. The van der Waals surface area contributed by atoms with E-state index in [9.17, 15) is 9.90 Å². The van der Waals surface area contributed by atoms with E-state index in [2.05, 4.69) is 5.32 Å². The Balaban J connectivity index is 1.97. The second-order valence-corrected chi connectivity index (χ2v) is 4.84. The Morgan fingerprint density at radius 2 is 1.90 bits per heavy atom. The van der Waals surface area contributed by atoms with Crippen LogP contribution in [0.25, 0.3) is 0 Å². The van der Waals surface area contributed by atoms with Crippen molar-refractivity contribution >= 4 is 17.5 Å². The first kappa shape index (κ1) is 15.0. The SMILES string of the molecule is N#Cc1ccc(C(=O)NCC(O)c2ccccc2Cl)cc1. The Bertz CT molecular complexity index is 677. The fourth-order valence-corrected chi connectivity index (χ4v) is 2.10. The van der Waals surface area contributed by atoms with Crippen molar-refractivity contribution in [3.8, 4) is 6.07 Å². The zero-order chi connectivity index (χ0) is 15.2. The summed E-state index contributed by atoms with van der Waals surface area (Å²) in [6, 6.07) is 15.2. The molecule has 4 nitrogen and oxygen atoms in total. The Morgan fingerprint density at radius 3 is 2.52 bits per heavy atom. The quantitative estimate of drug-likeness (QED) is 0.911. The van der Waals surface area contributed by atoms with E-state index < -0.39 is 6.10 Å². The van der Waals surface area contributed by atoms with Gasteiger partial charge in [0, 0.05) is 22.7 Å². The fraction of sp³-hybridized carbons (Fsp3) is 0.125. The number of carbonyl (C=O) groups is 1. The Labute approximate surface area is 127 Å². The summed E-state index contributed by atoms with van der Waals surface area (Å²) in [7, 11) is 0. The van der Waals surface area contributed by atoms with E-state index in [0.717, 1.165) is 0 Å². The van der Waals surface area contributed by atoms with Gasteiger partial charge in [-0.1, -0.05) is 29.8 Å². The van der Waals surface area contributed by atoms with E-state index in [0.29, 0.717) is 21.7 Å². The number of hydrogen-bond acceptors (Lipinski definition) is 3. The molecule has 2 rings (SSSR count).